The number of aryl methyl sites for hydroxylation is 1. The van der Waals surface area contributed by atoms with Crippen LogP contribution >= 0.6 is 7.75 Å². The van der Waals surface area contributed by atoms with Gasteiger partial charge in [0.2, 0.25) is 0 Å². The van der Waals surface area contributed by atoms with Gasteiger partial charge in [0.05, 0.1) is 26.0 Å². The van der Waals surface area contributed by atoms with Crippen LogP contribution in [0.4, 0.5) is 5.82 Å². The lowest BCUT2D eigenvalue weighted by molar-refractivity contribution is -0.143. The molecule has 2 aromatic rings. The standard InChI is InChI=1S/C24H37N6O11P/c1-13-19(32)15(14(11-31)9-26-13)10-27-16(23(35)39-2)5-3-4-7-28-42(37,38)40-12-17-20(33)21(34)22(41-17)30-8-6-18(25)29-24(30)36/h6,8-9,16-17,20-22,27,31-34H,3-5,7,10-12H2,1-2H3,(H2,25,29,36)(H2,28,37,38)/t16?,17-,20-,21+,22-/m1/s1. The van der Waals surface area contributed by atoms with Crippen molar-refractivity contribution in [3.63, 3.8) is 0 Å². The maximum Gasteiger partial charge on any atom is 0.403 e. The average Bonchev–Trinajstić information content (AvgIpc) is 3.23. The van der Waals surface area contributed by atoms with Crippen LogP contribution in [-0.4, -0.2) is 90.4 Å². The number of aromatic nitrogens is 3. The van der Waals surface area contributed by atoms with Crippen molar-refractivity contribution in [3.05, 3.63) is 45.8 Å². The maximum atomic E-state index is 12.4. The first-order chi connectivity index (χ1) is 19.9. The number of nitrogens with one attached hydrogen (secondary N) is 2. The third kappa shape index (κ3) is 8.53. The summed E-state index contributed by atoms with van der Waals surface area (Å²) < 4.78 is 28.7. The van der Waals surface area contributed by atoms with Crippen LogP contribution in [-0.2, 0) is 36.5 Å². The summed E-state index contributed by atoms with van der Waals surface area (Å²) >= 11 is 0. The zero-order valence-electron chi connectivity index (χ0n) is 23.1. The lowest BCUT2D eigenvalue weighted by Crippen LogP contribution is -2.37. The van der Waals surface area contributed by atoms with Crippen LogP contribution in [0.1, 0.15) is 42.3 Å². The SMILES string of the molecule is COC(=O)C(CCCCNP(=O)(O)OC[C@H]1O[C@@H](n2ccc(N)nc2=O)[C@@H](O)[C@@H]1O)NCc1c(CO)cnc(C)c1O. The van der Waals surface area contributed by atoms with Gasteiger partial charge in [-0.1, -0.05) is 6.42 Å². The Hall–Kier alpha value is -2.99. The molecule has 0 aromatic carbocycles. The summed E-state index contributed by atoms with van der Waals surface area (Å²) in [5.74, 6) is -0.662. The van der Waals surface area contributed by atoms with Crippen LogP contribution in [0, 0.1) is 6.92 Å². The van der Waals surface area contributed by atoms with E-state index in [0.717, 1.165) is 4.57 Å². The normalized spacial score (nSPS) is 22.5. The molecule has 2 aromatic heterocycles. The fourth-order valence-electron chi connectivity index (χ4n) is 4.32. The Bertz CT molecular complexity index is 1330. The van der Waals surface area contributed by atoms with Gasteiger partial charge < -0.3 is 45.8 Å². The molecule has 0 bridgehead atoms. The third-order valence-corrected chi connectivity index (χ3v) is 7.84. The van der Waals surface area contributed by atoms with Crippen molar-refractivity contribution in [1.82, 2.24) is 24.9 Å². The van der Waals surface area contributed by atoms with Gasteiger partial charge in [-0.15, -0.1) is 0 Å². The van der Waals surface area contributed by atoms with E-state index >= 15 is 0 Å². The molecular weight excluding hydrogens is 579 g/mol. The molecule has 234 valence electrons. The molecule has 2 unspecified atom stereocenters. The number of carbonyl (C=O) groups excluding carboxylic acids is 1. The summed E-state index contributed by atoms with van der Waals surface area (Å²) in [7, 11) is -3.11. The number of ether oxygens (including phenoxy) is 2. The van der Waals surface area contributed by atoms with E-state index in [-0.39, 0.29) is 31.3 Å². The van der Waals surface area contributed by atoms with Crippen molar-refractivity contribution in [1.29, 1.82) is 0 Å². The number of pyridine rings is 1. The van der Waals surface area contributed by atoms with Crippen molar-refractivity contribution >= 4 is 19.5 Å². The summed E-state index contributed by atoms with van der Waals surface area (Å²) in [5.41, 5.74) is 5.84. The van der Waals surface area contributed by atoms with E-state index in [1.807, 2.05) is 0 Å². The highest BCUT2D eigenvalue weighted by molar-refractivity contribution is 7.50. The lowest BCUT2D eigenvalue weighted by atomic mass is 10.1. The number of aromatic hydroxyl groups is 1. The number of esters is 1. The van der Waals surface area contributed by atoms with Crippen LogP contribution in [0.3, 0.4) is 0 Å². The Labute approximate surface area is 240 Å². The summed E-state index contributed by atoms with van der Waals surface area (Å²) in [5, 5.41) is 45.8. The molecule has 0 radical (unpaired) electrons. The molecule has 3 rings (SSSR count). The van der Waals surface area contributed by atoms with Gasteiger partial charge in [-0.25, -0.2) is 14.4 Å². The first kappa shape index (κ1) is 33.5. The second-order valence-electron chi connectivity index (χ2n) is 9.62. The molecular formula is C24H37N6O11P. The predicted molar refractivity (Wildman–Crippen MR) is 146 cm³/mol. The van der Waals surface area contributed by atoms with Crippen molar-refractivity contribution in [2.24, 2.45) is 0 Å². The number of unbranched alkanes of at least 4 members (excludes halogenated alkanes) is 1. The fourth-order valence-corrected chi connectivity index (χ4v) is 5.20. The van der Waals surface area contributed by atoms with Crippen molar-refractivity contribution in [3.8, 4) is 5.75 Å². The fraction of sp³-hybridized carbons (Fsp3) is 0.583. The highest BCUT2D eigenvalue weighted by Gasteiger charge is 2.45. The maximum absolute atomic E-state index is 12.4. The van der Waals surface area contributed by atoms with E-state index in [1.54, 1.807) is 6.92 Å². The molecule has 9 N–H and O–H groups in total. The van der Waals surface area contributed by atoms with Crippen LogP contribution in [0.15, 0.2) is 23.3 Å². The van der Waals surface area contributed by atoms with E-state index in [2.05, 4.69) is 20.4 Å². The summed E-state index contributed by atoms with van der Waals surface area (Å²) in [6.45, 7) is 0.795. The molecule has 6 atom stereocenters. The largest absolute Gasteiger partial charge is 0.506 e. The monoisotopic (exact) mass is 616 g/mol. The van der Waals surface area contributed by atoms with Crippen LogP contribution < -0.4 is 21.8 Å². The first-order valence-corrected chi connectivity index (χ1v) is 14.6. The summed E-state index contributed by atoms with van der Waals surface area (Å²) in [6, 6.07) is 0.554. The average molecular weight is 617 g/mol. The van der Waals surface area contributed by atoms with E-state index < -0.39 is 56.6 Å². The van der Waals surface area contributed by atoms with Crippen LogP contribution in [0.25, 0.3) is 0 Å². The molecule has 0 amide bonds. The van der Waals surface area contributed by atoms with E-state index in [1.165, 1.54) is 25.6 Å². The Morgan fingerprint density at radius 1 is 1.31 bits per heavy atom. The molecule has 0 saturated carbocycles. The Morgan fingerprint density at radius 3 is 2.71 bits per heavy atom. The van der Waals surface area contributed by atoms with Gasteiger partial charge in [0.15, 0.2) is 6.23 Å². The van der Waals surface area contributed by atoms with Gasteiger partial charge in [0.1, 0.15) is 35.9 Å². The number of rotatable bonds is 15. The number of nitrogens with zero attached hydrogens (tertiary/aromatic N) is 3. The number of nitrogen functional groups attached to an aromatic ring is 1. The van der Waals surface area contributed by atoms with Crippen molar-refractivity contribution in [2.45, 2.75) is 69.9 Å². The first-order valence-electron chi connectivity index (χ1n) is 13.1. The molecule has 0 aliphatic carbocycles. The highest BCUT2D eigenvalue weighted by Crippen LogP contribution is 2.39. The second-order valence-corrected chi connectivity index (χ2v) is 11.2. The number of hydrogen-bond acceptors (Lipinski definition) is 14. The number of carbonyl (C=O) groups is 1. The number of aliphatic hydroxyl groups is 3. The van der Waals surface area contributed by atoms with E-state index in [9.17, 15) is 39.5 Å². The topological polar surface area (TPSA) is 261 Å². The van der Waals surface area contributed by atoms with E-state index in [4.69, 9.17) is 19.7 Å². The molecule has 0 spiro atoms. The van der Waals surface area contributed by atoms with Gasteiger partial charge in [-0.2, -0.15) is 4.98 Å². The van der Waals surface area contributed by atoms with Crippen molar-refractivity contribution < 1.29 is 48.7 Å². The number of hydrogen-bond donors (Lipinski definition) is 8. The number of methoxy groups -OCH3 is 1. The highest BCUT2D eigenvalue weighted by atomic mass is 31.2. The quantitative estimate of drug-likeness (QED) is 0.0647. The molecule has 1 aliphatic rings. The zero-order chi connectivity index (χ0) is 31.0. The summed E-state index contributed by atoms with van der Waals surface area (Å²) in [6.07, 6.45) is -1.82. The lowest BCUT2D eigenvalue weighted by Gasteiger charge is -2.19. The Kier molecular flexibility index (Phi) is 11.9. The van der Waals surface area contributed by atoms with Gasteiger partial charge >= 0.3 is 19.4 Å². The van der Waals surface area contributed by atoms with Gasteiger partial charge in [-0.3, -0.25) is 18.9 Å². The predicted octanol–water partition coefficient (Wildman–Crippen LogP) is -1.45. The Morgan fingerprint density at radius 2 is 2.05 bits per heavy atom. The number of anilines is 1. The minimum absolute atomic E-state index is 0.0342. The smallest absolute Gasteiger partial charge is 0.403 e. The van der Waals surface area contributed by atoms with Crippen LogP contribution in [0.5, 0.6) is 5.75 Å². The van der Waals surface area contributed by atoms with Gasteiger partial charge in [0, 0.05) is 36.6 Å². The van der Waals surface area contributed by atoms with E-state index in [0.29, 0.717) is 36.1 Å². The molecule has 1 saturated heterocycles. The van der Waals surface area contributed by atoms with Gasteiger partial charge in [-0.05, 0) is 25.8 Å². The molecule has 3 heterocycles. The minimum atomic E-state index is -4.34. The molecule has 1 fully saturated rings. The molecule has 1 aliphatic heterocycles. The molecule has 18 heteroatoms. The number of nitrogens with two attached hydrogens (primary N) is 1. The van der Waals surface area contributed by atoms with Crippen molar-refractivity contribution in [2.75, 3.05) is 26.0 Å². The van der Waals surface area contributed by atoms with Crippen LogP contribution in [0.2, 0.25) is 0 Å². The second kappa shape index (κ2) is 15.0. The summed E-state index contributed by atoms with van der Waals surface area (Å²) in [4.78, 5) is 42.0. The van der Waals surface area contributed by atoms with Gasteiger partial charge in [0.25, 0.3) is 0 Å². The molecule has 17 nitrogen and oxygen atoms in total. The minimum Gasteiger partial charge on any atom is -0.506 e. The third-order valence-electron chi connectivity index (χ3n) is 6.72. The zero-order valence-corrected chi connectivity index (χ0v) is 24.0. The Balaban J connectivity index is 1.45. The number of aliphatic hydroxyl groups excluding tert-OH is 3. The molecule has 42 heavy (non-hydrogen) atoms.